The molecular weight excluding hydrogens is 66.0 g/mol. The predicted molar refractivity (Wildman–Crippen MR) is 20.3 cm³/mol. The van der Waals surface area contributed by atoms with E-state index in [9.17, 15) is 0 Å². The first-order valence-electron chi connectivity index (χ1n) is 1.37. The molecule has 0 saturated heterocycles. The molecule has 0 bridgehead atoms. The summed E-state index contributed by atoms with van der Waals surface area (Å²) in [7, 11) is 0. The van der Waals surface area contributed by atoms with Crippen molar-refractivity contribution >= 4 is 6.21 Å². The van der Waals surface area contributed by atoms with Crippen LogP contribution in [-0.2, 0) is 0 Å². The van der Waals surface area contributed by atoms with Crippen LogP contribution in [0.1, 0.15) is 6.92 Å². The highest BCUT2D eigenvalue weighted by Gasteiger charge is 1.56. The molecule has 0 spiro atoms. The number of hydrogen-bond donors (Lipinski definition) is 1. The fourth-order valence-electron chi connectivity index (χ4n) is 0.0667. The molecule has 29 valence electrons. The van der Waals surface area contributed by atoms with Gasteiger partial charge in [0.2, 0.25) is 0 Å². The molecule has 0 aromatic heterocycles. The fourth-order valence-corrected chi connectivity index (χ4v) is 0.0667. The van der Waals surface area contributed by atoms with Gasteiger partial charge >= 0.3 is 0 Å². The Balaban J connectivity index is 2.62. The van der Waals surface area contributed by atoms with Crippen molar-refractivity contribution in [3.05, 3.63) is 6.42 Å². The number of nitrogens with zero attached hydrogens (tertiary/aromatic N) is 1. The minimum atomic E-state index is 1.31. The van der Waals surface area contributed by atoms with Gasteiger partial charge < -0.3 is 5.21 Å². The van der Waals surface area contributed by atoms with E-state index in [0.29, 0.717) is 0 Å². The molecule has 0 atom stereocenters. The zero-order chi connectivity index (χ0) is 4.12. The van der Waals surface area contributed by atoms with Crippen LogP contribution in [-0.4, -0.2) is 11.4 Å². The maximum absolute atomic E-state index is 7.60. The summed E-state index contributed by atoms with van der Waals surface area (Å²) in [5.41, 5.74) is 0. The third kappa shape index (κ3) is 3.47. The van der Waals surface area contributed by atoms with Gasteiger partial charge in [-0.1, -0.05) is 6.92 Å². The topological polar surface area (TPSA) is 32.6 Å². The van der Waals surface area contributed by atoms with Gasteiger partial charge in [0.1, 0.15) is 0 Å². The standard InChI is InChI=1S/C3H6NO/c1-2-3-4-5/h2-3,5H,1H3/b4-3+. The monoisotopic (exact) mass is 72.0 g/mol. The number of rotatable bonds is 1. The summed E-state index contributed by atoms with van der Waals surface area (Å²) in [6, 6.07) is 0. The Bertz CT molecular complexity index is 33.9. The Hall–Kier alpha value is -0.530. The Kier molecular flexibility index (Phi) is 3.10. The quantitative estimate of drug-likeness (QED) is 0.275. The highest BCUT2D eigenvalue weighted by atomic mass is 16.4. The summed E-state index contributed by atoms with van der Waals surface area (Å²) in [6.45, 7) is 1.78. The van der Waals surface area contributed by atoms with Crippen LogP contribution in [0.4, 0.5) is 0 Å². The minimum Gasteiger partial charge on any atom is -0.411 e. The lowest BCUT2D eigenvalue weighted by atomic mass is 10.6. The van der Waals surface area contributed by atoms with Gasteiger partial charge in [-0.15, -0.1) is 5.16 Å². The molecular formula is C3H6NO. The van der Waals surface area contributed by atoms with Crippen LogP contribution in [0.2, 0.25) is 0 Å². The molecule has 5 heavy (non-hydrogen) atoms. The van der Waals surface area contributed by atoms with Crippen LogP contribution in [0.5, 0.6) is 0 Å². The summed E-state index contributed by atoms with van der Waals surface area (Å²) in [5, 5.41) is 10.3. The zero-order valence-corrected chi connectivity index (χ0v) is 3.05. The zero-order valence-electron chi connectivity index (χ0n) is 3.05. The largest absolute Gasteiger partial charge is 0.411 e. The van der Waals surface area contributed by atoms with E-state index in [2.05, 4.69) is 5.16 Å². The highest BCUT2D eigenvalue weighted by Crippen LogP contribution is 1.57. The van der Waals surface area contributed by atoms with E-state index in [0.717, 1.165) is 0 Å². The summed E-state index contributed by atoms with van der Waals surface area (Å²) < 4.78 is 0. The van der Waals surface area contributed by atoms with Gasteiger partial charge in [-0.3, -0.25) is 0 Å². The van der Waals surface area contributed by atoms with Crippen LogP contribution in [0.15, 0.2) is 5.16 Å². The Morgan fingerprint density at radius 3 is 2.40 bits per heavy atom. The van der Waals surface area contributed by atoms with Crippen LogP contribution < -0.4 is 0 Å². The van der Waals surface area contributed by atoms with E-state index in [1.165, 1.54) is 6.21 Å². The van der Waals surface area contributed by atoms with Gasteiger partial charge in [0.25, 0.3) is 0 Å². The summed E-state index contributed by atoms with van der Waals surface area (Å²) in [6.07, 6.45) is 2.94. The molecule has 1 N–H and O–H groups in total. The van der Waals surface area contributed by atoms with Crippen molar-refractivity contribution in [2.75, 3.05) is 0 Å². The molecule has 0 amide bonds. The molecule has 0 saturated carbocycles. The molecule has 0 aromatic carbocycles. The lowest BCUT2D eigenvalue weighted by Gasteiger charge is -1.64. The lowest BCUT2D eigenvalue weighted by molar-refractivity contribution is 0.321. The second kappa shape index (κ2) is 3.47. The first kappa shape index (κ1) is 4.47. The van der Waals surface area contributed by atoms with Crippen molar-refractivity contribution in [2.24, 2.45) is 5.16 Å². The van der Waals surface area contributed by atoms with Gasteiger partial charge in [-0.05, 0) is 0 Å². The van der Waals surface area contributed by atoms with Gasteiger partial charge in [0.15, 0.2) is 0 Å². The van der Waals surface area contributed by atoms with E-state index in [1.807, 2.05) is 0 Å². The molecule has 0 aliphatic heterocycles. The van der Waals surface area contributed by atoms with Gasteiger partial charge in [0.05, 0.1) is 0 Å². The SMILES string of the molecule is C[CH]/C=N/O. The molecule has 0 aliphatic carbocycles. The fraction of sp³-hybridized carbons (Fsp3) is 0.333. The van der Waals surface area contributed by atoms with Crippen LogP contribution in [0, 0.1) is 6.42 Å². The van der Waals surface area contributed by atoms with Crippen molar-refractivity contribution in [1.29, 1.82) is 0 Å². The summed E-state index contributed by atoms with van der Waals surface area (Å²) in [5.74, 6) is 0. The van der Waals surface area contributed by atoms with Gasteiger partial charge in [0, 0.05) is 12.6 Å². The Morgan fingerprint density at radius 1 is 1.80 bits per heavy atom. The van der Waals surface area contributed by atoms with Crippen molar-refractivity contribution in [2.45, 2.75) is 6.92 Å². The van der Waals surface area contributed by atoms with Crippen molar-refractivity contribution in [3.8, 4) is 0 Å². The lowest BCUT2D eigenvalue weighted by Crippen LogP contribution is -1.62. The first-order chi connectivity index (χ1) is 2.41. The molecule has 2 heteroatoms. The van der Waals surface area contributed by atoms with Crippen LogP contribution >= 0.6 is 0 Å². The van der Waals surface area contributed by atoms with Gasteiger partial charge in [-0.2, -0.15) is 0 Å². The summed E-state index contributed by atoms with van der Waals surface area (Å²) >= 11 is 0. The Labute approximate surface area is 31.1 Å². The molecule has 0 aliphatic rings. The third-order valence-electron chi connectivity index (χ3n) is 0.216. The Morgan fingerprint density at radius 2 is 2.40 bits per heavy atom. The van der Waals surface area contributed by atoms with E-state index in [4.69, 9.17) is 5.21 Å². The second-order valence-corrected chi connectivity index (χ2v) is 0.598. The van der Waals surface area contributed by atoms with E-state index < -0.39 is 0 Å². The predicted octanol–water partition coefficient (Wildman–Crippen LogP) is 0.671. The summed E-state index contributed by atoms with van der Waals surface area (Å²) in [4.78, 5) is 0. The molecule has 0 fully saturated rings. The maximum Gasteiger partial charge on any atom is 0.0470 e. The molecule has 0 aromatic rings. The molecule has 0 heterocycles. The molecule has 2 nitrogen and oxygen atoms in total. The first-order valence-corrected chi connectivity index (χ1v) is 1.37. The number of oxime groups is 1. The van der Waals surface area contributed by atoms with E-state index >= 15 is 0 Å². The normalized spacial score (nSPS) is 9.80. The average Bonchev–Trinajstić information content (AvgIpc) is 1.41. The van der Waals surface area contributed by atoms with E-state index in [1.54, 1.807) is 13.3 Å². The molecule has 0 rings (SSSR count). The number of hydrogen-bond acceptors (Lipinski definition) is 2. The highest BCUT2D eigenvalue weighted by molar-refractivity contribution is 5.65. The second-order valence-electron chi connectivity index (χ2n) is 0.598. The van der Waals surface area contributed by atoms with Crippen LogP contribution in [0.25, 0.3) is 0 Å². The smallest absolute Gasteiger partial charge is 0.0470 e. The third-order valence-corrected chi connectivity index (χ3v) is 0.216. The van der Waals surface area contributed by atoms with Crippen molar-refractivity contribution in [3.63, 3.8) is 0 Å². The van der Waals surface area contributed by atoms with Gasteiger partial charge in [-0.25, -0.2) is 0 Å². The van der Waals surface area contributed by atoms with Crippen molar-refractivity contribution < 1.29 is 5.21 Å². The van der Waals surface area contributed by atoms with E-state index in [-0.39, 0.29) is 0 Å². The molecule has 0 unspecified atom stereocenters. The van der Waals surface area contributed by atoms with Crippen molar-refractivity contribution in [1.82, 2.24) is 0 Å². The maximum atomic E-state index is 7.60. The molecule has 1 radical (unpaired) electrons. The average molecular weight is 72.1 g/mol. The van der Waals surface area contributed by atoms with Crippen LogP contribution in [0.3, 0.4) is 0 Å². The minimum absolute atomic E-state index is 1.31.